The van der Waals surface area contributed by atoms with Gasteiger partial charge in [0, 0.05) is 5.69 Å². The molecule has 7 heteroatoms. The van der Waals surface area contributed by atoms with E-state index in [2.05, 4.69) is 5.32 Å². The number of rotatable bonds is 6. The van der Waals surface area contributed by atoms with Gasteiger partial charge in [0.1, 0.15) is 11.9 Å². The summed E-state index contributed by atoms with van der Waals surface area (Å²) >= 11 is 0. The van der Waals surface area contributed by atoms with Crippen LogP contribution in [0.5, 0.6) is 0 Å². The minimum absolute atomic E-state index is 0.139. The highest BCUT2D eigenvalue weighted by Crippen LogP contribution is 2.27. The van der Waals surface area contributed by atoms with Gasteiger partial charge in [-0.25, -0.2) is 12.8 Å². The number of hydrogen-bond donors (Lipinski definition) is 1. The third-order valence-corrected chi connectivity index (χ3v) is 5.51. The van der Waals surface area contributed by atoms with Crippen molar-refractivity contribution < 1.29 is 17.6 Å². The van der Waals surface area contributed by atoms with Gasteiger partial charge < -0.3 is 5.32 Å². The van der Waals surface area contributed by atoms with Gasteiger partial charge in [0.15, 0.2) is 0 Å². The number of anilines is 2. The fourth-order valence-electron chi connectivity index (χ4n) is 3.25. The molecule has 0 fully saturated rings. The molecule has 0 bridgehead atoms. The van der Waals surface area contributed by atoms with Crippen molar-refractivity contribution in [1.29, 1.82) is 0 Å². The molecule has 1 amide bonds. The second kappa shape index (κ2) is 8.08. The Bertz CT molecular complexity index is 934. The molecule has 0 saturated heterocycles. The molecule has 1 unspecified atom stereocenters. The average Bonchev–Trinajstić information content (AvgIpc) is 2.55. The standard InChI is InChI=1S/C20H25FN2O3S/c1-6-17(20(24)22-19-14(3)11-13(2)12-15(19)4)23(27(5,25)26)18-10-8-7-9-16(18)21/h7-12,17H,6H2,1-5H3,(H,22,24). The quantitative estimate of drug-likeness (QED) is 0.810. The molecule has 0 aliphatic rings. The molecule has 0 spiro atoms. The average molecular weight is 392 g/mol. The number of amides is 1. The second-order valence-corrected chi connectivity index (χ2v) is 8.56. The maximum Gasteiger partial charge on any atom is 0.248 e. The van der Waals surface area contributed by atoms with Crippen molar-refractivity contribution in [2.24, 2.45) is 0 Å². The number of para-hydroxylation sites is 1. The van der Waals surface area contributed by atoms with E-state index in [0.717, 1.165) is 27.3 Å². The van der Waals surface area contributed by atoms with Crippen molar-refractivity contribution in [3.8, 4) is 0 Å². The number of nitrogens with one attached hydrogen (secondary N) is 1. The molecule has 0 saturated carbocycles. The number of benzene rings is 2. The lowest BCUT2D eigenvalue weighted by molar-refractivity contribution is -0.117. The fourth-order valence-corrected chi connectivity index (χ4v) is 4.46. The predicted octanol–water partition coefficient (Wildman–Crippen LogP) is 3.93. The van der Waals surface area contributed by atoms with Crippen LogP contribution in [0.15, 0.2) is 36.4 Å². The first kappa shape index (κ1) is 20.9. The summed E-state index contributed by atoms with van der Waals surface area (Å²) in [7, 11) is -3.88. The van der Waals surface area contributed by atoms with Crippen molar-refractivity contribution in [2.45, 2.75) is 40.2 Å². The van der Waals surface area contributed by atoms with Crippen LogP contribution in [0.1, 0.15) is 30.0 Å². The minimum atomic E-state index is -3.88. The van der Waals surface area contributed by atoms with Crippen LogP contribution in [0.25, 0.3) is 0 Å². The van der Waals surface area contributed by atoms with Crippen molar-refractivity contribution in [1.82, 2.24) is 0 Å². The lowest BCUT2D eigenvalue weighted by Crippen LogP contribution is -2.47. The Morgan fingerprint density at radius 3 is 2.19 bits per heavy atom. The Balaban J connectivity index is 2.46. The number of carbonyl (C=O) groups is 1. The van der Waals surface area contributed by atoms with Gasteiger partial charge in [-0.05, 0) is 50.5 Å². The van der Waals surface area contributed by atoms with Crippen molar-refractivity contribution >= 4 is 27.3 Å². The number of carbonyl (C=O) groups excluding carboxylic acids is 1. The van der Waals surface area contributed by atoms with Crippen LogP contribution in [-0.2, 0) is 14.8 Å². The first-order chi connectivity index (χ1) is 12.6. The topological polar surface area (TPSA) is 66.5 Å². The number of nitrogens with zero attached hydrogens (tertiary/aromatic N) is 1. The highest BCUT2D eigenvalue weighted by Gasteiger charge is 2.33. The number of halogens is 1. The number of aryl methyl sites for hydroxylation is 3. The maximum absolute atomic E-state index is 14.3. The van der Waals surface area contributed by atoms with E-state index >= 15 is 0 Å². The smallest absolute Gasteiger partial charge is 0.248 e. The molecule has 0 radical (unpaired) electrons. The van der Waals surface area contributed by atoms with Crippen LogP contribution in [0.3, 0.4) is 0 Å². The first-order valence-electron chi connectivity index (χ1n) is 8.69. The minimum Gasteiger partial charge on any atom is -0.324 e. The van der Waals surface area contributed by atoms with E-state index in [-0.39, 0.29) is 12.1 Å². The summed E-state index contributed by atoms with van der Waals surface area (Å²) in [6, 6.07) is 8.34. The summed E-state index contributed by atoms with van der Waals surface area (Å²) in [6.45, 7) is 7.41. The van der Waals surface area contributed by atoms with Crippen LogP contribution >= 0.6 is 0 Å². The van der Waals surface area contributed by atoms with Gasteiger partial charge in [-0.3, -0.25) is 9.10 Å². The molecule has 0 aromatic heterocycles. The summed E-state index contributed by atoms with van der Waals surface area (Å²) in [5, 5.41) is 2.83. The monoisotopic (exact) mass is 392 g/mol. The molecule has 2 aromatic rings. The molecular weight excluding hydrogens is 367 g/mol. The zero-order chi connectivity index (χ0) is 20.4. The van der Waals surface area contributed by atoms with Gasteiger partial charge in [-0.2, -0.15) is 0 Å². The van der Waals surface area contributed by atoms with Crippen LogP contribution in [0.4, 0.5) is 15.8 Å². The molecule has 2 rings (SSSR count). The molecule has 2 aromatic carbocycles. The van der Waals surface area contributed by atoms with E-state index in [1.807, 2.05) is 32.9 Å². The second-order valence-electron chi connectivity index (χ2n) is 6.70. The van der Waals surface area contributed by atoms with Crippen LogP contribution < -0.4 is 9.62 Å². The lowest BCUT2D eigenvalue weighted by Gasteiger charge is -2.30. The van der Waals surface area contributed by atoms with Crippen LogP contribution in [0, 0.1) is 26.6 Å². The zero-order valence-electron chi connectivity index (χ0n) is 16.2. The van der Waals surface area contributed by atoms with E-state index < -0.39 is 27.8 Å². The molecule has 5 nitrogen and oxygen atoms in total. The SMILES string of the molecule is CCC(C(=O)Nc1c(C)cc(C)cc1C)N(c1ccccc1F)S(C)(=O)=O. The van der Waals surface area contributed by atoms with Gasteiger partial charge in [0.2, 0.25) is 15.9 Å². The van der Waals surface area contributed by atoms with Gasteiger partial charge in [0.05, 0.1) is 11.9 Å². The highest BCUT2D eigenvalue weighted by atomic mass is 32.2. The normalized spacial score (nSPS) is 12.5. The van der Waals surface area contributed by atoms with Gasteiger partial charge >= 0.3 is 0 Å². The molecule has 146 valence electrons. The van der Waals surface area contributed by atoms with Crippen molar-refractivity contribution in [3.05, 3.63) is 58.9 Å². The Morgan fingerprint density at radius 1 is 1.15 bits per heavy atom. The van der Waals surface area contributed by atoms with Crippen LogP contribution in [0.2, 0.25) is 0 Å². The van der Waals surface area contributed by atoms with Gasteiger partial charge in [0.25, 0.3) is 0 Å². The molecular formula is C20H25FN2O3S. The third kappa shape index (κ3) is 4.66. The Kier molecular flexibility index (Phi) is 6.26. The lowest BCUT2D eigenvalue weighted by atomic mass is 10.0. The number of hydrogen-bond acceptors (Lipinski definition) is 3. The van der Waals surface area contributed by atoms with E-state index in [9.17, 15) is 17.6 Å². The van der Waals surface area contributed by atoms with E-state index in [0.29, 0.717) is 5.69 Å². The summed E-state index contributed by atoms with van der Waals surface area (Å²) in [5.41, 5.74) is 3.34. The van der Waals surface area contributed by atoms with E-state index in [4.69, 9.17) is 0 Å². The van der Waals surface area contributed by atoms with Gasteiger partial charge in [-0.1, -0.05) is 36.8 Å². The van der Waals surface area contributed by atoms with E-state index in [1.165, 1.54) is 24.3 Å². The molecule has 1 atom stereocenters. The molecule has 0 aliphatic heterocycles. The summed E-state index contributed by atoms with van der Waals surface area (Å²) < 4.78 is 39.9. The van der Waals surface area contributed by atoms with Crippen molar-refractivity contribution in [2.75, 3.05) is 15.9 Å². The Hall–Kier alpha value is -2.41. The molecule has 0 aliphatic carbocycles. The highest BCUT2D eigenvalue weighted by molar-refractivity contribution is 7.92. The number of sulfonamides is 1. The Morgan fingerprint density at radius 2 is 1.70 bits per heavy atom. The van der Waals surface area contributed by atoms with Gasteiger partial charge in [-0.15, -0.1) is 0 Å². The maximum atomic E-state index is 14.3. The fraction of sp³-hybridized carbons (Fsp3) is 0.350. The van der Waals surface area contributed by atoms with Crippen molar-refractivity contribution in [3.63, 3.8) is 0 Å². The summed E-state index contributed by atoms with van der Waals surface area (Å²) in [5.74, 6) is -1.20. The summed E-state index contributed by atoms with van der Waals surface area (Å²) in [4.78, 5) is 13.0. The first-order valence-corrected chi connectivity index (χ1v) is 10.5. The third-order valence-electron chi connectivity index (χ3n) is 4.34. The molecule has 1 N–H and O–H groups in total. The van der Waals surface area contributed by atoms with E-state index in [1.54, 1.807) is 6.92 Å². The molecule has 27 heavy (non-hydrogen) atoms. The zero-order valence-corrected chi connectivity index (χ0v) is 17.0. The summed E-state index contributed by atoms with van der Waals surface area (Å²) in [6.07, 6.45) is 1.16. The largest absolute Gasteiger partial charge is 0.324 e. The molecule has 0 heterocycles. The van der Waals surface area contributed by atoms with Crippen LogP contribution in [-0.4, -0.2) is 26.6 Å². The Labute approximate surface area is 160 Å². The predicted molar refractivity (Wildman–Crippen MR) is 107 cm³/mol.